The molecule has 138 valence electrons. The molecule has 2 aromatic rings. The number of nitrogens with zero attached hydrogens (tertiary/aromatic N) is 1. The van der Waals surface area contributed by atoms with Gasteiger partial charge >= 0.3 is 0 Å². The van der Waals surface area contributed by atoms with Crippen LogP contribution in [0.3, 0.4) is 0 Å². The standard InChI is InChI=1S/C21H27N3O2/c1-15-5-7-16(8-6-15)21(2,3)14-23-20(22)24-17-9-10-18-19(13-17)26-12-4-11-25-18/h5-10,13H,4,11-12,14H2,1-3H3,(H3,22,23,24). The summed E-state index contributed by atoms with van der Waals surface area (Å²) in [5.41, 5.74) is 9.33. The lowest BCUT2D eigenvalue weighted by molar-refractivity contribution is 0.297. The van der Waals surface area contributed by atoms with E-state index in [1.807, 2.05) is 18.2 Å². The van der Waals surface area contributed by atoms with Crippen molar-refractivity contribution in [2.45, 2.75) is 32.6 Å². The number of rotatable bonds is 4. The van der Waals surface area contributed by atoms with Crippen molar-refractivity contribution in [2.75, 3.05) is 25.1 Å². The Kier molecular flexibility index (Phi) is 5.35. The Hall–Kier alpha value is -2.69. The Labute approximate surface area is 155 Å². The average molecular weight is 353 g/mol. The summed E-state index contributed by atoms with van der Waals surface area (Å²) >= 11 is 0. The summed E-state index contributed by atoms with van der Waals surface area (Å²) in [7, 11) is 0. The average Bonchev–Trinajstić information content (AvgIpc) is 2.85. The first kappa shape index (κ1) is 18.1. The zero-order chi connectivity index (χ0) is 18.6. The summed E-state index contributed by atoms with van der Waals surface area (Å²) in [6.45, 7) is 8.36. The van der Waals surface area contributed by atoms with Crippen LogP contribution in [-0.4, -0.2) is 25.7 Å². The van der Waals surface area contributed by atoms with Crippen LogP contribution < -0.4 is 20.5 Å². The quantitative estimate of drug-likeness (QED) is 0.647. The number of ether oxygens (including phenoxy) is 2. The van der Waals surface area contributed by atoms with Crippen LogP contribution in [0.15, 0.2) is 47.5 Å². The number of fused-ring (bicyclic) bond motifs is 1. The summed E-state index contributed by atoms with van der Waals surface area (Å²) in [5, 5.41) is 3.14. The molecule has 0 bridgehead atoms. The van der Waals surface area contributed by atoms with Gasteiger partial charge in [0.25, 0.3) is 0 Å². The van der Waals surface area contributed by atoms with E-state index in [-0.39, 0.29) is 5.41 Å². The molecule has 0 radical (unpaired) electrons. The van der Waals surface area contributed by atoms with Crippen LogP contribution in [0.5, 0.6) is 11.5 Å². The van der Waals surface area contributed by atoms with Crippen LogP contribution in [0.25, 0.3) is 0 Å². The minimum absolute atomic E-state index is 0.0925. The lowest BCUT2D eigenvalue weighted by atomic mass is 9.84. The maximum absolute atomic E-state index is 6.09. The van der Waals surface area contributed by atoms with Crippen molar-refractivity contribution in [3.63, 3.8) is 0 Å². The molecule has 1 aliphatic rings. The molecular formula is C21H27N3O2. The number of anilines is 1. The van der Waals surface area contributed by atoms with Crippen molar-refractivity contribution in [2.24, 2.45) is 10.7 Å². The van der Waals surface area contributed by atoms with Crippen LogP contribution in [0.4, 0.5) is 5.69 Å². The van der Waals surface area contributed by atoms with E-state index in [0.29, 0.717) is 25.7 Å². The monoisotopic (exact) mass is 353 g/mol. The van der Waals surface area contributed by atoms with Gasteiger partial charge in [-0.1, -0.05) is 43.7 Å². The fourth-order valence-electron chi connectivity index (χ4n) is 2.81. The molecule has 0 atom stereocenters. The molecule has 2 aromatic carbocycles. The highest BCUT2D eigenvalue weighted by Crippen LogP contribution is 2.32. The second kappa shape index (κ2) is 7.68. The SMILES string of the molecule is Cc1ccc(C(C)(C)CN=C(N)Nc2ccc3c(c2)OCCCO3)cc1. The van der Waals surface area contributed by atoms with Crippen LogP contribution in [0, 0.1) is 6.92 Å². The molecule has 3 N–H and O–H groups in total. The normalized spacial score (nSPS) is 14.7. The van der Waals surface area contributed by atoms with Gasteiger partial charge in [0.05, 0.1) is 19.8 Å². The van der Waals surface area contributed by atoms with Gasteiger partial charge < -0.3 is 20.5 Å². The van der Waals surface area contributed by atoms with Crippen molar-refractivity contribution in [3.8, 4) is 11.5 Å². The highest BCUT2D eigenvalue weighted by Gasteiger charge is 2.20. The molecule has 5 nitrogen and oxygen atoms in total. The van der Waals surface area contributed by atoms with Crippen molar-refractivity contribution in [1.82, 2.24) is 0 Å². The molecule has 0 amide bonds. The smallest absolute Gasteiger partial charge is 0.193 e. The molecule has 1 heterocycles. The molecule has 0 saturated heterocycles. The van der Waals surface area contributed by atoms with Crippen LogP contribution in [-0.2, 0) is 5.41 Å². The van der Waals surface area contributed by atoms with Gasteiger partial charge in [0.15, 0.2) is 17.5 Å². The first-order valence-corrected chi connectivity index (χ1v) is 8.98. The van der Waals surface area contributed by atoms with Crippen LogP contribution in [0.1, 0.15) is 31.4 Å². The predicted molar refractivity (Wildman–Crippen MR) is 106 cm³/mol. The summed E-state index contributed by atoms with van der Waals surface area (Å²) < 4.78 is 11.4. The third-order valence-electron chi connectivity index (χ3n) is 4.50. The van der Waals surface area contributed by atoms with Gasteiger partial charge in [-0.3, -0.25) is 4.99 Å². The Balaban J connectivity index is 1.66. The lowest BCUT2D eigenvalue weighted by Crippen LogP contribution is -2.27. The van der Waals surface area contributed by atoms with Gasteiger partial charge in [-0.15, -0.1) is 0 Å². The number of aryl methyl sites for hydroxylation is 1. The second-order valence-corrected chi connectivity index (χ2v) is 7.29. The van der Waals surface area contributed by atoms with Crippen molar-refractivity contribution in [1.29, 1.82) is 0 Å². The Morgan fingerprint density at radius 1 is 1.08 bits per heavy atom. The maximum atomic E-state index is 6.09. The van der Waals surface area contributed by atoms with Crippen LogP contribution >= 0.6 is 0 Å². The lowest BCUT2D eigenvalue weighted by Gasteiger charge is -2.23. The number of nitrogens with one attached hydrogen (secondary N) is 1. The molecule has 0 aromatic heterocycles. The Morgan fingerprint density at radius 2 is 1.77 bits per heavy atom. The molecule has 0 fully saturated rings. The number of aliphatic imine (C=N–C) groups is 1. The summed E-state index contributed by atoms with van der Waals surface area (Å²) in [5.74, 6) is 1.89. The van der Waals surface area contributed by atoms with E-state index >= 15 is 0 Å². The van der Waals surface area contributed by atoms with Gasteiger partial charge in [0, 0.05) is 23.6 Å². The zero-order valence-corrected chi connectivity index (χ0v) is 15.7. The molecule has 0 spiro atoms. The highest BCUT2D eigenvalue weighted by atomic mass is 16.5. The van der Waals surface area contributed by atoms with Gasteiger partial charge in [-0.2, -0.15) is 0 Å². The molecule has 26 heavy (non-hydrogen) atoms. The van der Waals surface area contributed by atoms with Crippen molar-refractivity contribution in [3.05, 3.63) is 53.6 Å². The molecule has 1 aliphatic heterocycles. The first-order valence-electron chi connectivity index (χ1n) is 8.98. The second-order valence-electron chi connectivity index (χ2n) is 7.29. The molecule has 0 unspecified atom stereocenters. The van der Waals surface area contributed by atoms with E-state index in [0.717, 1.165) is 23.6 Å². The van der Waals surface area contributed by atoms with Gasteiger partial charge in [-0.05, 0) is 24.6 Å². The third kappa shape index (κ3) is 4.48. The number of nitrogens with two attached hydrogens (primary N) is 1. The van der Waals surface area contributed by atoms with E-state index in [9.17, 15) is 0 Å². The van der Waals surface area contributed by atoms with Crippen molar-refractivity contribution >= 4 is 11.6 Å². The Morgan fingerprint density at radius 3 is 2.50 bits per heavy atom. The molecule has 3 rings (SSSR count). The fraction of sp³-hybridized carbons (Fsp3) is 0.381. The predicted octanol–water partition coefficient (Wildman–Crippen LogP) is 3.86. The van der Waals surface area contributed by atoms with E-state index in [2.05, 4.69) is 55.3 Å². The van der Waals surface area contributed by atoms with E-state index in [4.69, 9.17) is 15.2 Å². The number of benzene rings is 2. The molecule has 0 aliphatic carbocycles. The van der Waals surface area contributed by atoms with E-state index < -0.39 is 0 Å². The first-order chi connectivity index (χ1) is 12.4. The highest BCUT2D eigenvalue weighted by molar-refractivity contribution is 5.92. The van der Waals surface area contributed by atoms with Crippen molar-refractivity contribution < 1.29 is 9.47 Å². The maximum Gasteiger partial charge on any atom is 0.193 e. The molecular weight excluding hydrogens is 326 g/mol. The minimum Gasteiger partial charge on any atom is -0.490 e. The topological polar surface area (TPSA) is 68.9 Å². The van der Waals surface area contributed by atoms with Gasteiger partial charge in [0.2, 0.25) is 0 Å². The summed E-state index contributed by atoms with van der Waals surface area (Å²) in [6.07, 6.45) is 0.884. The third-order valence-corrected chi connectivity index (χ3v) is 4.50. The van der Waals surface area contributed by atoms with E-state index in [1.54, 1.807) is 0 Å². The minimum atomic E-state index is -0.0925. The number of guanidine groups is 1. The summed E-state index contributed by atoms with van der Waals surface area (Å²) in [4.78, 5) is 4.53. The fourth-order valence-corrected chi connectivity index (χ4v) is 2.81. The number of hydrogen-bond donors (Lipinski definition) is 2. The van der Waals surface area contributed by atoms with Gasteiger partial charge in [0.1, 0.15) is 0 Å². The largest absolute Gasteiger partial charge is 0.490 e. The number of hydrogen-bond acceptors (Lipinski definition) is 3. The Bertz CT molecular complexity index is 782. The molecule has 5 heteroatoms. The zero-order valence-electron chi connectivity index (χ0n) is 15.7. The molecule has 0 saturated carbocycles. The van der Waals surface area contributed by atoms with E-state index in [1.165, 1.54) is 11.1 Å². The summed E-state index contributed by atoms with van der Waals surface area (Å²) in [6, 6.07) is 14.3. The van der Waals surface area contributed by atoms with Gasteiger partial charge in [-0.25, -0.2) is 0 Å². The van der Waals surface area contributed by atoms with Crippen LogP contribution in [0.2, 0.25) is 0 Å².